The molecule has 0 radical (unpaired) electrons. The third kappa shape index (κ3) is 2.49. The molecule has 144 valence electrons. The number of benzene rings is 1. The molecule has 1 aliphatic carbocycles. The molecule has 27 heavy (non-hydrogen) atoms. The Kier molecular flexibility index (Phi) is 3.76. The number of fused-ring (bicyclic) bond motifs is 2. The lowest BCUT2D eigenvalue weighted by molar-refractivity contribution is -0.152. The van der Waals surface area contributed by atoms with E-state index in [1.54, 1.807) is 13.0 Å². The minimum Gasteiger partial charge on any atom is -0.460 e. The van der Waals surface area contributed by atoms with E-state index in [-0.39, 0.29) is 25.4 Å². The first kappa shape index (κ1) is 17.0. The summed E-state index contributed by atoms with van der Waals surface area (Å²) in [5.41, 5.74) is 1.68. The maximum atomic E-state index is 12.3. The average molecular weight is 373 g/mol. The minimum atomic E-state index is -0.739. The molecule has 6 unspecified atom stereocenters. The van der Waals surface area contributed by atoms with E-state index >= 15 is 0 Å². The van der Waals surface area contributed by atoms with E-state index in [0.29, 0.717) is 25.3 Å². The summed E-state index contributed by atoms with van der Waals surface area (Å²) in [6, 6.07) is 4.07. The summed E-state index contributed by atoms with van der Waals surface area (Å²) in [6.45, 7) is 3.09. The number of hydrogen-bond acceptors (Lipinski definition) is 7. The molecule has 5 rings (SSSR count). The summed E-state index contributed by atoms with van der Waals surface area (Å²) in [6.07, 6.45) is 2.75. The first-order valence-corrected chi connectivity index (χ1v) is 9.39. The normalized spacial score (nSPS) is 36.1. The van der Waals surface area contributed by atoms with E-state index in [0.717, 1.165) is 16.9 Å². The highest BCUT2D eigenvalue weighted by atomic mass is 16.7. The Hall–Kier alpha value is -2.09. The van der Waals surface area contributed by atoms with Gasteiger partial charge in [-0.2, -0.15) is 0 Å². The van der Waals surface area contributed by atoms with Gasteiger partial charge in [0.15, 0.2) is 11.5 Å². The van der Waals surface area contributed by atoms with Crippen LogP contribution in [-0.2, 0) is 21.5 Å². The summed E-state index contributed by atoms with van der Waals surface area (Å²) in [5, 5.41) is 19.7. The monoisotopic (exact) mass is 373 g/mol. The van der Waals surface area contributed by atoms with Crippen molar-refractivity contribution in [3.63, 3.8) is 0 Å². The summed E-state index contributed by atoms with van der Waals surface area (Å²) in [5.74, 6) is 1.04. The fourth-order valence-corrected chi connectivity index (χ4v) is 5.09. The molecule has 2 bridgehead atoms. The van der Waals surface area contributed by atoms with Crippen molar-refractivity contribution in [3.8, 4) is 11.5 Å². The van der Waals surface area contributed by atoms with Gasteiger partial charge in [0, 0.05) is 19.1 Å². The van der Waals surface area contributed by atoms with Crippen molar-refractivity contribution in [3.05, 3.63) is 35.4 Å². The van der Waals surface area contributed by atoms with Crippen molar-refractivity contribution in [2.45, 2.75) is 56.1 Å². The molecule has 0 aromatic heterocycles. The van der Waals surface area contributed by atoms with E-state index in [1.807, 2.05) is 18.2 Å². The zero-order chi connectivity index (χ0) is 18.8. The van der Waals surface area contributed by atoms with Gasteiger partial charge < -0.3 is 24.4 Å². The van der Waals surface area contributed by atoms with Gasteiger partial charge in [-0.3, -0.25) is 9.69 Å². The number of esters is 1. The van der Waals surface area contributed by atoms with Gasteiger partial charge in [0.1, 0.15) is 6.10 Å². The van der Waals surface area contributed by atoms with Gasteiger partial charge >= 0.3 is 5.97 Å². The maximum Gasteiger partial charge on any atom is 0.308 e. The molecule has 3 heterocycles. The Labute approximate surface area is 157 Å². The van der Waals surface area contributed by atoms with Gasteiger partial charge in [-0.15, -0.1) is 0 Å². The van der Waals surface area contributed by atoms with Crippen molar-refractivity contribution in [2.24, 2.45) is 0 Å². The molecule has 3 aliphatic heterocycles. The molecule has 1 aromatic carbocycles. The van der Waals surface area contributed by atoms with Gasteiger partial charge in [-0.25, -0.2) is 0 Å². The van der Waals surface area contributed by atoms with Crippen molar-refractivity contribution in [1.82, 2.24) is 4.90 Å². The fourth-order valence-electron chi connectivity index (χ4n) is 5.09. The largest absolute Gasteiger partial charge is 0.460 e. The van der Waals surface area contributed by atoms with Crippen LogP contribution in [0.2, 0.25) is 0 Å². The summed E-state index contributed by atoms with van der Waals surface area (Å²) >= 11 is 0. The van der Waals surface area contributed by atoms with Crippen LogP contribution in [0, 0.1) is 0 Å². The smallest absolute Gasteiger partial charge is 0.308 e. The fraction of sp³-hybridized carbons (Fsp3) is 0.550. The summed E-state index contributed by atoms with van der Waals surface area (Å²) in [4.78, 5) is 14.6. The van der Waals surface area contributed by atoms with E-state index in [4.69, 9.17) is 14.2 Å². The molecule has 1 fully saturated rings. The third-order valence-electron chi connectivity index (χ3n) is 6.16. The Morgan fingerprint density at radius 1 is 1.41 bits per heavy atom. The van der Waals surface area contributed by atoms with E-state index in [1.165, 1.54) is 0 Å². The zero-order valence-electron chi connectivity index (χ0n) is 15.1. The maximum absolute atomic E-state index is 12.3. The highest BCUT2D eigenvalue weighted by Crippen LogP contribution is 2.54. The lowest BCUT2D eigenvalue weighted by atomic mass is 9.65. The molecule has 0 spiro atoms. The molecule has 0 amide bonds. The second-order valence-electron chi connectivity index (χ2n) is 7.93. The summed E-state index contributed by atoms with van der Waals surface area (Å²) in [7, 11) is 0. The van der Waals surface area contributed by atoms with Gasteiger partial charge in [0.2, 0.25) is 6.79 Å². The molecule has 1 aromatic rings. The standard InChI is InChI=1S/C20H23NO6/c1-11(22)4-19(24)27-18-9-21-8-12-5-15-16(26-10-25-15)7-14(12)20(18)3-2-13(23)6-17(20)21/h2-3,5,7,11,13,17-18,22-23H,4,6,8-10H2,1H3. The van der Waals surface area contributed by atoms with E-state index in [2.05, 4.69) is 4.90 Å². The second-order valence-corrected chi connectivity index (χ2v) is 7.93. The van der Waals surface area contributed by atoms with E-state index in [9.17, 15) is 15.0 Å². The van der Waals surface area contributed by atoms with Crippen LogP contribution in [0.1, 0.15) is 30.9 Å². The zero-order valence-corrected chi connectivity index (χ0v) is 15.1. The lowest BCUT2D eigenvalue weighted by Gasteiger charge is -2.46. The van der Waals surface area contributed by atoms with Gasteiger partial charge in [0.05, 0.1) is 24.0 Å². The number of aliphatic hydroxyl groups is 2. The topological polar surface area (TPSA) is 88.5 Å². The first-order valence-electron chi connectivity index (χ1n) is 9.39. The Morgan fingerprint density at radius 3 is 2.96 bits per heavy atom. The van der Waals surface area contributed by atoms with Crippen molar-refractivity contribution in [1.29, 1.82) is 0 Å². The number of hydrogen-bond donors (Lipinski definition) is 2. The van der Waals surface area contributed by atoms with Crippen LogP contribution in [0.25, 0.3) is 0 Å². The third-order valence-corrected chi connectivity index (χ3v) is 6.16. The quantitative estimate of drug-likeness (QED) is 0.600. The number of ether oxygens (including phenoxy) is 3. The van der Waals surface area contributed by atoms with Gasteiger partial charge in [0.25, 0.3) is 0 Å². The first-order chi connectivity index (χ1) is 13.0. The Bertz CT molecular complexity index is 821. The Balaban J connectivity index is 1.60. The highest BCUT2D eigenvalue weighted by molar-refractivity contribution is 5.71. The number of aliphatic hydroxyl groups excluding tert-OH is 2. The molecule has 6 atom stereocenters. The van der Waals surface area contributed by atoms with Crippen molar-refractivity contribution in [2.75, 3.05) is 13.3 Å². The van der Waals surface area contributed by atoms with Crippen molar-refractivity contribution < 1.29 is 29.2 Å². The highest BCUT2D eigenvalue weighted by Gasteiger charge is 2.60. The lowest BCUT2D eigenvalue weighted by Crippen LogP contribution is -2.52. The second kappa shape index (κ2) is 5.95. The SMILES string of the molecule is CC(O)CC(=O)OC1CN2Cc3cc4c(cc3C13C=CC(O)CC23)OCO4. The van der Waals surface area contributed by atoms with Gasteiger partial charge in [-0.1, -0.05) is 12.2 Å². The van der Waals surface area contributed by atoms with Crippen LogP contribution in [-0.4, -0.2) is 58.8 Å². The molecule has 1 saturated heterocycles. The van der Waals surface area contributed by atoms with Crippen LogP contribution in [0.15, 0.2) is 24.3 Å². The molecular weight excluding hydrogens is 350 g/mol. The molecule has 0 saturated carbocycles. The molecule has 4 aliphatic rings. The number of carbonyl (C=O) groups excluding carboxylic acids is 1. The number of carbonyl (C=O) groups is 1. The van der Waals surface area contributed by atoms with Crippen LogP contribution < -0.4 is 9.47 Å². The van der Waals surface area contributed by atoms with Gasteiger partial charge in [-0.05, 0) is 36.6 Å². The molecule has 2 N–H and O–H groups in total. The van der Waals surface area contributed by atoms with Crippen LogP contribution >= 0.6 is 0 Å². The molecule has 7 heteroatoms. The predicted octanol–water partition coefficient (Wildman–Crippen LogP) is 0.854. The molecular formula is C20H23NO6. The average Bonchev–Trinajstić information content (AvgIpc) is 3.13. The predicted molar refractivity (Wildman–Crippen MR) is 94.4 cm³/mol. The van der Waals surface area contributed by atoms with Crippen LogP contribution in [0.4, 0.5) is 0 Å². The summed E-state index contributed by atoms with van der Waals surface area (Å²) < 4.78 is 17.0. The number of nitrogens with zero attached hydrogens (tertiary/aromatic N) is 1. The van der Waals surface area contributed by atoms with Crippen LogP contribution in [0.3, 0.4) is 0 Å². The van der Waals surface area contributed by atoms with Crippen LogP contribution in [0.5, 0.6) is 11.5 Å². The van der Waals surface area contributed by atoms with E-state index < -0.39 is 23.6 Å². The minimum absolute atomic E-state index is 0.0302. The van der Waals surface area contributed by atoms with Crippen molar-refractivity contribution >= 4 is 5.97 Å². The number of rotatable bonds is 3. The Morgan fingerprint density at radius 2 is 2.19 bits per heavy atom. The molecule has 7 nitrogen and oxygen atoms in total.